The van der Waals surface area contributed by atoms with Crippen molar-refractivity contribution in [2.75, 3.05) is 26.3 Å². The van der Waals surface area contributed by atoms with Gasteiger partial charge in [0.05, 0.1) is 17.8 Å². The molecule has 6 nitrogen and oxygen atoms in total. The first-order valence-electron chi connectivity index (χ1n) is 11.4. The molecule has 0 aliphatic carbocycles. The van der Waals surface area contributed by atoms with Crippen LogP contribution in [0.3, 0.4) is 0 Å². The van der Waals surface area contributed by atoms with Crippen LogP contribution in [0.5, 0.6) is 11.5 Å². The van der Waals surface area contributed by atoms with E-state index in [9.17, 15) is 5.11 Å². The van der Waals surface area contributed by atoms with E-state index in [0.29, 0.717) is 30.2 Å². The molecule has 1 aliphatic rings. The summed E-state index contributed by atoms with van der Waals surface area (Å²) in [5.41, 5.74) is 2.64. The summed E-state index contributed by atoms with van der Waals surface area (Å²) in [5, 5.41) is 15.8. The molecule has 0 unspecified atom stereocenters. The molecule has 176 valence electrons. The van der Waals surface area contributed by atoms with Gasteiger partial charge in [0.1, 0.15) is 30.3 Å². The Balaban J connectivity index is 1.20. The van der Waals surface area contributed by atoms with Gasteiger partial charge in [-0.3, -0.25) is 9.58 Å². The predicted octanol–water partition coefficient (Wildman–Crippen LogP) is 4.64. The van der Waals surface area contributed by atoms with Gasteiger partial charge in [-0.2, -0.15) is 5.10 Å². The number of rotatable bonds is 9. The van der Waals surface area contributed by atoms with E-state index >= 15 is 0 Å². The number of hydrogen-bond donors (Lipinski definition) is 1. The van der Waals surface area contributed by atoms with Crippen LogP contribution in [-0.2, 0) is 13.1 Å². The number of likely N-dealkylation sites (tertiary alicyclic amines) is 1. The van der Waals surface area contributed by atoms with E-state index in [4.69, 9.17) is 21.1 Å². The van der Waals surface area contributed by atoms with Crippen LogP contribution in [0.1, 0.15) is 29.5 Å². The SMILES string of the molecule is Cc1ccc(Cl)c(OCC2(O)CCN(Cc3ccc(OCCn4cc(C)cn4)cc3)CC2)c1. The van der Waals surface area contributed by atoms with Crippen molar-refractivity contribution in [3.63, 3.8) is 0 Å². The molecular weight excluding hydrogens is 438 g/mol. The summed E-state index contributed by atoms with van der Waals surface area (Å²) in [6.07, 6.45) is 5.20. The molecule has 33 heavy (non-hydrogen) atoms. The molecular formula is C26H32ClN3O3. The van der Waals surface area contributed by atoms with Gasteiger partial charge in [-0.25, -0.2) is 0 Å². The zero-order chi connectivity index (χ0) is 23.3. The quantitative estimate of drug-likeness (QED) is 0.494. The van der Waals surface area contributed by atoms with E-state index in [1.807, 2.05) is 61.3 Å². The van der Waals surface area contributed by atoms with Crippen molar-refractivity contribution in [3.8, 4) is 11.5 Å². The minimum Gasteiger partial charge on any atom is -0.492 e. The highest BCUT2D eigenvalue weighted by atomic mass is 35.5. The fourth-order valence-electron chi connectivity index (χ4n) is 4.00. The van der Waals surface area contributed by atoms with Gasteiger partial charge in [0.2, 0.25) is 0 Å². The largest absolute Gasteiger partial charge is 0.492 e. The maximum absolute atomic E-state index is 11.0. The molecule has 1 N–H and O–H groups in total. The van der Waals surface area contributed by atoms with Crippen LogP contribution < -0.4 is 9.47 Å². The normalized spacial score (nSPS) is 16.0. The van der Waals surface area contributed by atoms with Gasteiger partial charge in [-0.15, -0.1) is 0 Å². The highest BCUT2D eigenvalue weighted by Crippen LogP contribution is 2.29. The molecule has 7 heteroatoms. The fourth-order valence-corrected chi connectivity index (χ4v) is 4.17. The maximum Gasteiger partial charge on any atom is 0.138 e. The molecule has 0 amide bonds. The minimum absolute atomic E-state index is 0.258. The van der Waals surface area contributed by atoms with E-state index in [-0.39, 0.29) is 6.61 Å². The van der Waals surface area contributed by atoms with Crippen LogP contribution in [0.2, 0.25) is 5.02 Å². The van der Waals surface area contributed by atoms with E-state index in [2.05, 4.69) is 22.1 Å². The monoisotopic (exact) mass is 469 g/mol. The van der Waals surface area contributed by atoms with Crippen LogP contribution in [0.25, 0.3) is 0 Å². The summed E-state index contributed by atoms with van der Waals surface area (Å²) in [7, 11) is 0. The number of nitrogens with zero attached hydrogens (tertiary/aromatic N) is 3. The molecule has 3 aromatic rings. The molecule has 4 rings (SSSR count). The second kappa shape index (κ2) is 10.6. The summed E-state index contributed by atoms with van der Waals surface area (Å²) in [6, 6.07) is 13.9. The van der Waals surface area contributed by atoms with Gasteiger partial charge in [-0.1, -0.05) is 29.8 Å². The standard InChI is InChI=1S/C26H32ClN3O3/c1-20-3-8-24(27)25(15-20)33-19-26(31)9-11-29(12-10-26)18-22-4-6-23(7-5-22)32-14-13-30-17-21(2)16-28-30/h3-8,15-17,31H,9-14,18-19H2,1-2H3. The molecule has 0 radical (unpaired) electrons. The van der Waals surface area contributed by atoms with Crippen molar-refractivity contribution >= 4 is 11.6 Å². The molecule has 2 heterocycles. The van der Waals surface area contributed by atoms with Gasteiger partial charge in [0.15, 0.2) is 0 Å². The Morgan fingerprint density at radius 3 is 2.48 bits per heavy atom. The Kier molecular flexibility index (Phi) is 7.58. The predicted molar refractivity (Wildman–Crippen MR) is 130 cm³/mol. The second-order valence-electron chi connectivity index (χ2n) is 9.00. The molecule has 1 saturated heterocycles. The van der Waals surface area contributed by atoms with Crippen LogP contribution >= 0.6 is 11.6 Å². The number of benzene rings is 2. The highest BCUT2D eigenvalue weighted by molar-refractivity contribution is 6.32. The third-order valence-corrected chi connectivity index (χ3v) is 6.36. The Morgan fingerprint density at radius 2 is 1.79 bits per heavy atom. The van der Waals surface area contributed by atoms with Crippen LogP contribution in [-0.4, -0.2) is 51.7 Å². The summed E-state index contributed by atoms with van der Waals surface area (Å²) in [5.74, 6) is 1.50. The Labute approximate surface area is 200 Å². The van der Waals surface area contributed by atoms with E-state index in [0.717, 1.165) is 43.1 Å². The van der Waals surface area contributed by atoms with Crippen LogP contribution in [0, 0.1) is 13.8 Å². The average Bonchev–Trinajstić information content (AvgIpc) is 3.22. The molecule has 0 bridgehead atoms. The lowest BCUT2D eigenvalue weighted by Gasteiger charge is -2.38. The second-order valence-corrected chi connectivity index (χ2v) is 9.40. The van der Waals surface area contributed by atoms with Crippen LogP contribution in [0.15, 0.2) is 54.9 Å². The van der Waals surface area contributed by atoms with Crippen molar-refractivity contribution in [1.82, 2.24) is 14.7 Å². The average molecular weight is 470 g/mol. The van der Waals surface area contributed by atoms with Crippen molar-refractivity contribution < 1.29 is 14.6 Å². The van der Waals surface area contributed by atoms with Crippen molar-refractivity contribution in [3.05, 3.63) is 76.6 Å². The summed E-state index contributed by atoms with van der Waals surface area (Å²) >= 11 is 6.21. The fraction of sp³-hybridized carbons (Fsp3) is 0.423. The molecule has 1 aliphatic heterocycles. The zero-order valence-corrected chi connectivity index (χ0v) is 20.1. The van der Waals surface area contributed by atoms with Gasteiger partial charge in [-0.05, 0) is 67.6 Å². The van der Waals surface area contributed by atoms with E-state index in [1.54, 1.807) is 0 Å². The van der Waals surface area contributed by atoms with Gasteiger partial charge in [0.25, 0.3) is 0 Å². The lowest BCUT2D eigenvalue weighted by Crippen LogP contribution is -2.47. The first kappa shape index (κ1) is 23.6. The lowest BCUT2D eigenvalue weighted by molar-refractivity contribution is -0.0537. The number of aryl methyl sites for hydroxylation is 2. The highest BCUT2D eigenvalue weighted by Gasteiger charge is 2.33. The van der Waals surface area contributed by atoms with Crippen molar-refractivity contribution in [2.24, 2.45) is 0 Å². The first-order chi connectivity index (χ1) is 15.9. The van der Waals surface area contributed by atoms with E-state index < -0.39 is 5.60 Å². The zero-order valence-electron chi connectivity index (χ0n) is 19.3. The molecule has 0 saturated carbocycles. The minimum atomic E-state index is -0.825. The number of piperidine rings is 1. The summed E-state index contributed by atoms with van der Waals surface area (Å²) in [4.78, 5) is 2.37. The third kappa shape index (κ3) is 6.73. The number of hydrogen-bond acceptors (Lipinski definition) is 5. The molecule has 1 fully saturated rings. The van der Waals surface area contributed by atoms with Crippen LogP contribution in [0.4, 0.5) is 0 Å². The van der Waals surface area contributed by atoms with Crippen molar-refractivity contribution in [2.45, 2.75) is 45.4 Å². The molecule has 0 spiro atoms. The maximum atomic E-state index is 11.0. The summed E-state index contributed by atoms with van der Waals surface area (Å²) in [6.45, 7) is 8.10. The molecule has 0 atom stereocenters. The Hall–Kier alpha value is -2.54. The van der Waals surface area contributed by atoms with E-state index in [1.165, 1.54) is 5.56 Å². The number of aromatic nitrogens is 2. The third-order valence-electron chi connectivity index (χ3n) is 6.05. The smallest absolute Gasteiger partial charge is 0.138 e. The lowest BCUT2D eigenvalue weighted by atomic mass is 9.92. The molecule has 1 aromatic heterocycles. The number of aliphatic hydroxyl groups is 1. The van der Waals surface area contributed by atoms with Crippen molar-refractivity contribution in [1.29, 1.82) is 0 Å². The number of halogens is 1. The molecule has 2 aromatic carbocycles. The van der Waals surface area contributed by atoms with Gasteiger partial charge < -0.3 is 14.6 Å². The number of ether oxygens (including phenoxy) is 2. The topological polar surface area (TPSA) is 59.8 Å². The first-order valence-corrected chi connectivity index (χ1v) is 11.8. The van der Waals surface area contributed by atoms with Gasteiger partial charge >= 0.3 is 0 Å². The Bertz CT molecular complexity index is 1040. The summed E-state index contributed by atoms with van der Waals surface area (Å²) < 4.78 is 13.6. The van der Waals surface area contributed by atoms with Gasteiger partial charge in [0, 0.05) is 25.8 Å². The Morgan fingerprint density at radius 1 is 1.03 bits per heavy atom.